The summed E-state index contributed by atoms with van der Waals surface area (Å²) in [6, 6.07) is 5.99. The second kappa shape index (κ2) is 4.22. The van der Waals surface area contributed by atoms with Crippen LogP contribution in [0, 0.1) is 0 Å². The molecular formula is C13H8F3N3O. The van der Waals surface area contributed by atoms with Crippen molar-refractivity contribution < 1.29 is 17.7 Å². The Labute approximate surface area is 111 Å². The number of hydrogen-bond acceptors (Lipinski definition) is 4. The molecular weight excluding hydrogens is 271 g/mol. The van der Waals surface area contributed by atoms with Crippen molar-refractivity contribution in [1.82, 2.24) is 10.1 Å². The minimum absolute atomic E-state index is 0.0905. The third kappa shape index (κ3) is 2.07. The molecule has 0 bridgehead atoms. The van der Waals surface area contributed by atoms with Gasteiger partial charge in [0.05, 0.1) is 5.56 Å². The maximum Gasteiger partial charge on any atom is 0.418 e. The molecule has 0 fully saturated rings. The van der Waals surface area contributed by atoms with Crippen molar-refractivity contribution in [3.05, 3.63) is 42.2 Å². The van der Waals surface area contributed by atoms with Crippen LogP contribution in [0.4, 0.5) is 19.1 Å². The van der Waals surface area contributed by atoms with Gasteiger partial charge < -0.3 is 10.3 Å². The average molecular weight is 279 g/mol. The second-order valence-electron chi connectivity index (χ2n) is 4.24. The average Bonchev–Trinajstić information content (AvgIpc) is 2.83. The van der Waals surface area contributed by atoms with E-state index in [0.717, 1.165) is 6.20 Å². The standard InChI is InChI=1S/C13H8F3N3O/c14-13(15,16)10-6-18-5-8-3-7(1-2-9(8)10)11-4-12(17)20-19-11/h1-6H,17H2. The number of nitrogen functional groups attached to an aromatic ring is 1. The number of halogens is 3. The van der Waals surface area contributed by atoms with E-state index in [2.05, 4.69) is 10.1 Å². The smallest absolute Gasteiger partial charge is 0.368 e. The third-order valence-corrected chi connectivity index (χ3v) is 2.89. The van der Waals surface area contributed by atoms with Crippen molar-refractivity contribution in [2.24, 2.45) is 0 Å². The Balaban J connectivity index is 2.18. The highest BCUT2D eigenvalue weighted by atomic mass is 19.4. The molecule has 20 heavy (non-hydrogen) atoms. The molecule has 3 aromatic rings. The summed E-state index contributed by atoms with van der Waals surface area (Å²) in [5.74, 6) is 0.141. The van der Waals surface area contributed by atoms with Gasteiger partial charge in [-0.1, -0.05) is 17.3 Å². The van der Waals surface area contributed by atoms with E-state index >= 15 is 0 Å². The summed E-state index contributed by atoms with van der Waals surface area (Å²) in [5, 5.41) is 4.19. The fourth-order valence-electron chi connectivity index (χ4n) is 1.99. The first-order valence-corrected chi connectivity index (χ1v) is 5.63. The van der Waals surface area contributed by atoms with Crippen LogP contribution in [0.1, 0.15) is 5.56 Å². The van der Waals surface area contributed by atoms with Crippen LogP contribution in [0.2, 0.25) is 0 Å². The Morgan fingerprint density at radius 1 is 1.10 bits per heavy atom. The Bertz CT molecular complexity index is 780. The summed E-state index contributed by atoms with van der Waals surface area (Å²) in [7, 11) is 0. The minimum atomic E-state index is -4.44. The molecule has 0 amide bonds. The van der Waals surface area contributed by atoms with E-state index in [0.29, 0.717) is 16.6 Å². The molecule has 1 aromatic carbocycles. The molecule has 102 valence electrons. The largest absolute Gasteiger partial charge is 0.418 e. The van der Waals surface area contributed by atoms with Gasteiger partial charge in [0, 0.05) is 29.4 Å². The number of nitrogens with zero attached hydrogens (tertiary/aromatic N) is 2. The van der Waals surface area contributed by atoms with Gasteiger partial charge in [0.25, 0.3) is 0 Å². The maximum absolute atomic E-state index is 12.9. The first-order chi connectivity index (χ1) is 9.45. The molecule has 0 atom stereocenters. The summed E-state index contributed by atoms with van der Waals surface area (Å²) >= 11 is 0. The predicted octanol–water partition coefficient (Wildman–Crippen LogP) is 3.49. The van der Waals surface area contributed by atoms with Crippen molar-refractivity contribution in [2.45, 2.75) is 6.18 Å². The van der Waals surface area contributed by atoms with Gasteiger partial charge in [-0.25, -0.2) is 0 Å². The van der Waals surface area contributed by atoms with E-state index < -0.39 is 11.7 Å². The van der Waals surface area contributed by atoms with E-state index in [4.69, 9.17) is 10.3 Å². The lowest BCUT2D eigenvalue weighted by Crippen LogP contribution is -2.06. The van der Waals surface area contributed by atoms with Gasteiger partial charge in [-0.2, -0.15) is 13.2 Å². The number of benzene rings is 1. The summed E-state index contributed by atoms with van der Waals surface area (Å²) in [5.41, 5.74) is 5.73. The maximum atomic E-state index is 12.9. The SMILES string of the molecule is Nc1cc(-c2ccc3c(C(F)(F)F)cncc3c2)no1. The molecule has 0 saturated carbocycles. The number of pyridine rings is 1. The molecule has 0 aliphatic carbocycles. The Morgan fingerprint density at radius 3 is 2.55 bits per heavy atom. The zero-order chi connectivity index (χ0) is 14.3. The molecule has 0 aliphatic heterocycles. The topological polar surface area (TPSA) is 64.9 Å². The van der Waals surface area contributed by atoms with E-state index in [1.54, 1.807) is 6.07 Å². The van der Waals surface area contributed by atoms with Crippen LogP contribution in [0.15, 0.2) is 41.2 Å². The number of rotatable bonds is 1. The Morgan fingerprint density at radius 2 is 1.90 bits per heavy atom. The molecule has 2 N–H and O–H groups in total. The summed E-state index contributed by atoms with van der Waals surface area (Å²) in [6.07, 6.45) is -2.25. The van der Waals surface area contributed by atoms with Gasteiger partial charge in [-0.15, -0.1) is 0 Å². The lowest BCUT2D eigenvalue weighted by molar-refractivity contribution is -0.136. The fraction of sp³-hybridized carbons (Fsp3) is 0.0769. The monoisotopic (exact) mass is 279 g/mol. The number of hydrogen-bond donors (Lipinski definition) is 1. The zero-order valence-electron chi connectivity index (χ0n) is 9.98. The van der Waals surface area contributed by atoms with Crippen LogP contribution < -0.4 is 5.73 Å². The fourth-order valence-corrected chi connectivity index (χ4v) is 1.99. The van der Waals surface area contributed by atoms with Gasteiger partial charge in [0.15, 0.2) is 0 Å². The quantitative estimate of drug-likeness (QED) is 0.740. The molecule has 2 aromatic heterocycles. The normalized spacial score (nSPS) is 11.9. The van der Waals surface area contributed by atoms with Crippen LogP contribution in [0.25, 0.3) is 22.0 Å². The molecule has 0 spiro atoms. The van der Waals surface area contributed by atoms with Crippen molar-refractivity contribution in [2.75, 3.05) is 5.73 Å². The highest BCUT2D eigenvalue weighted by Gasteiger charge is 2.32. The van der Waals surface area contributed by atoms with Crippen LogP contribution in [0.5, 0.6) is 0 Å². The van der Waals surface area contributed by atoms with Crippen molar-refractivity contribution in [3.8, 4) is 11.3 Å². The van der Waals surface area contributed by atoms with E-state index in [1.165, 1.54) is 24.4 Å². The molecule has 3 rings (SSSR count). The first kappa shape index (κ1) is 12.5. The van der Waals surface area contributed by atoms with Crippen molar-refractivity contribution >= 4 is 16.7 Å². The number of aromatic nitrogens is 2. The first-order valence-electron chi connectivity index (χ1n) is 5.63. The Hall–Kier alpha value is -2.57. The summed E-state index contributed by atoms with van der Waals surface area (Å²) < 4.78 is 43.3. The van der Waals surface area contributed by atoms with E-state index in [-0.39, 0.29) is 11.3 Å². The highest BCUT2D eigenvalue weighted by Crippen LogP contribution is 2.35. The number of fused-ring (bicyclic) bond motifs is 1. The van der Waals surface area contributed by atoms with Gasteiger partial charge in [0.2, 0.25) is 5.88 Å². The van der Waals surface area contributed by atoms with Gasteiger partial charge in [-0.3, -0.25) is 4.98 Å². The molecule has 0 aliphatic rings. The molecule has 0 saturated heterocycles. The molecule has 7 heteroatoms. The van der Waals surface area contributed by atoms with Crippen LogP contribution in [0.3, 0.4) is 0 Å². The zero-order valence-corrected chi connectivity index (χ0v) is 9.98. The molecule has 0 unspecified atom stereocenters. The highest BCUT2D eigenvalue weighted by molar-refractivity contribution is 5.89. The molecule has 4 nitrogen and oxygen atoms in total. The van der Waals surface area contributed by atoms with Gasteiger partial charge in [0.1, 0.15) is 5.69 Å². The van der Waals surface area contributed by atoms with Crippen LogP contribution >= 0.6 is 0 Å². The van der Waals surface area contributed by atoms with Gasteiger partial charge >= 0.3 is 6.18 Å². The van der Waals surface area contributed by atoms with Crippen molar-refractivity contribution in [3.63, 3.8) is 0 Å². The van der Waals surface area contributed by atoms with E-state index in [9.17, 15) is 13.2 Å². The number of anilines is 1. The molecule has 0 radical (unpaired) electrons. The second-order valence-corrected chi connectivity index (χ2v) is 4.24. The summed E-state index contributed by atoms with van der Waals surface area (Å²) in [4.78, 5) is 3.63. The number of nitrogens with two attached hydrogens (primary N) is 1. The minimum Gasteiger partial charge on any atom is -0.368 e. The lowest BCUT2D eigenvalue weighted by atomic mass is 10.0. The van der Waals surface area contributed by atoms with E-state index in [1.807, 2.05) is 0 Å². The predicted molar refractivity (Wildman–Crippen MR) is 66.7 cm³/mol. The van der Waals surface area contributed by atoms with Crippen LogP contribution in [-0.4, -0.2) is 10.1 Å². The number of alkyl halides is 3. The Kier molecular flexibility index (Phi) is 2.63. The third-order valence-electron chi connectivity index (χ3n) is 2.89. The van der Waals surface area contributed by atoms with Gasteiger partial charge in [-0.05, 0) is 11.5 Å². The van der Waals surface area contributed by atoms with Crippen molar-refractivity contribution in [1.29, 1.82) is 0 Å². The molecule has 2 heterocycles. The lowest BCUT2D eigenvalue weighted by Gasteiger charge is -2.10. The summed E-state index contributed by atoms with van der Waals surface area (Å²) in [6.45, 7) is 0. The van der Waals surface area contributed by atoms with Crippen LogP contribution in [-0.2, 0) is 6.18 Å².